The summed E-state index contributed by atoms with van der Waals surface area (Å²) >= 11 is 0. The van der Waals surface area contributed by atoms with Crippen LogP contribution < -0.4 is 10.6 Å². The molecule has 0 bridgehead atoms. The van der Waals surface area contributed by atoms with E-state index in [4.69, 9.17) is 27.9 Å². The highest BCUT2D eigenvalue weighted by molar-refractivity contribution is 6.74. The Kier molecular flexibility index (Phi) is 29.9. The summed E-state index contributed by atoms with van der Waals surface area (Å²) in [5.41, 5.74) is 2.17. The van der Waals surface area contributed by atoms with Gasteiger partial charge < -0.3 is 29.3 Å². The first kappa shape index (κ1) is 63.3. The minimum Gasteiger partial charge on any atom is -0.466 e. The van der Waals surface area contributed by atoms with Crippen LogP contribution in [0.4, 0.5) is 22.7 Å². The van der Waals surface area contributed by atoms with E-state index in [1.165, 1.54) is 50.7 Å². The van der Waals surface area contributed by atoms with E-state index in [1.54, 1.807) is 12.1 Å². The Balaban J connectivity index is 0.901. The van der Waals surface area contributed by atoms with Gasteiger partial charge in [0, 0.05) is 44.7 Å². The first-order valence-corrected chi connectivity index (χ1v) is 31.4. The molecule has 0 fully saturated rings. The van der Waals surface area contributed by atoms with Crippen LogP contribution in [0.2, 0.25) is 18.1 Å². The number of hydrogen-bond donors (Lipinski definition) is 2. The maximum absolute atomic E-state index is 12.9. The number of esters is 2. The van der Waals surface area contributed by atoms with Gasteiger partial charge in [-0.25, -0.2) is 9.26 Å². The lowest BCUT2D eigenvalue weighted by Gasteiger charge is -2.37. The molecule has 2 aromatic heterocycles. The third-order valence-corrected chi connectivity index (χ3v) is 18.9. The number of unbranched alkanes of at least 4 members (excludes halogenated alkanes) is 23. The molecular formula is C55H90N8O12Si. The summed E-state index contributed by atoms with van der Waals surface area (Å²) in [6.07, 6.45) is 28.7. The fourth-order valence-corrected chi connectivity index (χ4v) is 9.75. The predicted octanol–water partition coefficient (Wildman–Crippen LogP) is 14.5. The number of rotatable bonds is 45. The summed E-state index contributed by atoms with van der Waals surface area (Å²) in [5, 5.41) is 44.0. The smallest absolute Gasteiger partial charge is 0.306 e. The number of hydrogen-bond acceptors (Lipinski definition) is 18. The molecule has 0 saturated heterocycles. The van der Waals surface area contributed by atoms with Crippen molar-refractivity contribution in [2.45, 2.75) is 225 Å². The molecule has 0 unspecified atom stereocenters. The molecule has 21 heteroatoms. The lowest BCUT2D eigenvalue weighted by Crippen LogP contribution is -2.44. The molecule has 0 saturated carbocycles. The molecule has 2 heterocycles. The van der Waals surface area contributed by atoms with Crippen molar-refractivity contribution in [1.82, 2.24) is 20.6 Å². The number of carbonyl (C=O) groups is 2. The number of ether oxygens (including phenoxy) is 3. The average Bonchev–Trinajstić information content (AvgIpc) is 4.10. The number of carbonyl (C=O) groups excluding carboxylic acids is 2. The Morgan fingerprint density at radius 3 is 1.36 bits per heavy atom. The average molecular weight is 1080 g/mol. The van der Waals surface area contributed by atoms with Crippen LogP contribution in [-0.4, -0.2) is 96.4 Å². The number of aromatic nitrogens is 4. The van der Waals surface area contributed by atoms with Crippen LogP contribution in [0.25, 0.3) is 22.1 Å². The van der Waals surface area contributed by atoms with Crippen molar-refractivity contribution in [3.63, 3.8) is 0 Å². The lowest BCUT2D eigenvalue weighted by atomic mass is 10.1. The van der Waals surface area contributed by atoms with Crippen molar-refractivity contribution in [3.8, 4) is 0 Å². The van der Waals surface area contributed by atoms with Crippen molar-refractivity contribution < 1.29 is 47.3 Å². The summed E-state index contributed by atoms with van der Waals surface area (Å²) in [6, 6.07) is 6.12. The van der Waals surface area contributed by atoms with E-state index >= 15 is 0 Å². The maximum Gasteiger partial charge on any atom is 0.306 e. The molecule has 0 amide bonds. The quantitative estimate of drug-likeness (QED) is 0.0137. The molecule has 426 valence electrons. The molecule has 76 heavy (non-hydrogen) atoms. The molecule has 0 radical (unpaired) electrons. The van der Waals surface area contributed by atoms with Gasteiger partial charge in [0.2, 0.25) is 11.0 Å². The van der Waals surface area contributed by atoms with Crippen molar-refractivity contribution in [2.24, 2.45) is 0 Å². The Morgan fingerprint density at radius 2 is 0.921 bits per heavy atom. The zero-order chi connectivity index (χ0) is 54.9. The van der Waals surface area contributed by atoms with Gasteiger partial charge in [-0.1, -0.05) is 149 Å². The lowest BCUT2D eigenvalue weighted by molar-refractivity contribution is -0.383. The zero-order valence-electron chi connectivity index (χ0n) is 46.5. The summed E-state index contributed by atoms with van der Waals surface area (Å²) in [5.74, 6) is -0.266. The van der Waals surface area contributed by atoms with E-state index < -0.39 is 24.3 Å². The summed E-state index contributed by atoms with van der Waals surface area (Å²) in [7, 11) is -2.03. The Hall–Kier alpha value is -5.28. The number of nitrogens with zero attached hydrogens (tertiary/aromatic N) is 6. The molecule has 2 N–H and O–H groups in total. The van der Waals surface area contributed by atoms with Crippen molar-refractivity contribution in [3.05, 3.63) is 44.5 Å². The highest BCUT2D eigenvalue weighted by atomic mass is 28.4. The molecular weight excluding hydrogens is 993 g/mol. The highest BCUT2D eigenvalue weighted by Gasteiger charge is 2.38. The minimum atomic E-state index is -2.03. The maximum atomic E-state index is 12.9. The Bertz CT molecular complexity index is 2290. The Labute approximate surface area is 451 Å². The fraction of sp³-hybridized carbons (Fsp3) is 0.745. The highest BCUT2D eigenvalue weighted by Crippen LogP contribution is 2.37. The standard InChI is InChI=1S/C55H90N8O12Si/c1-55(2,3)76(4,5)72-43-44(73-50(65)33-27-21-15-9-11-17-23-29-39-57-46-35-37-48(63(68)69)54-52(46)59-75-61-54)42-70-40-30-24-18-12-6-7-13-19-25-31-41-71-49(64)32-26-20-14-8-10-16-22-28-38-56-45-34-36-47(62(66)67)53-51(45)58-74-60-53/h34-37,44,56-57H,6-33,38-43H2,1-5H3/t44-/m1/s1. The molecule has 0 spiro atoms. The number of non-ortho nitro benzene ring substituents is 2. The zero-order valence-corrected chi connectivity index (χ0v) is 47.5. The van der Waals surface area contributed by atoms with E-state index in [-0.39, 0.29) is 39.4 Å². The van der Waals surface area contributed by atoms with Crippen LogP contribution in [0.3, 0.4) is 0 Å². The number of fused-ring (bicyclic) bond motifs is 2. The van der Waals surface area contributed by atoms with Gasteiger partial charge in [0.25, 0.3) is 0 Å². The van der Waals surface area contributed by atoms with Gasteiger partial charge >= 0.3 is 23.3 Å². The van der Waals surface area contributed by atoms with E-state index in [2.05, 4.69) is 65.1 Å². The van der Waals surface area contributed by atoms with Crippen LogP contribution in [-0.2, 0) is 28.2 Å². The second-order valence-corrected chi connectivity index (χ2v) is 26.5. The predicted molar refractivity (Wildman–Crippen MR) is 298 cm³/mol. The van der Waals surface area contributed by atoms with Crippen molar-refractivity contribution in [1.29, 1.82) is 0 Å². The van der Waals surface area contributed by atoms with Gasteiger partial charge in [0.1, 0.15) is 6.10 Å². The third kappa shape index (κ3) is 24.4. The SMILES string of the molecule is CC(C)(C)[Si](C)(C)OC[C@@H](COCCCCCCCCCCCCOC(=O)CCCCCCCCCCNc1ccc([N+](=O)[O-])c2nonc12)OC(=O)CCCCCCCCCCNc1ccc([N+](=O)[O-])c2nonc12. The number of nitro groups is 2. The van der Waals surface area contributed by atoms with Gasteiger partial charge in [-0.05, 0) is 89.4 Å². The van der Waals surface area contributed by atoms with Crippen molar-refractivity contribution in [2.75, 3.05) is 50.2 Å². The number of anilines is 2. The van der Waals surface area contributed by atoms with Gasteiger partial charge in [-0.2, -0.15) is 0 Å². The van der Waals surface area contributed by atoms with Gasteiger partial charge in [0.05, 0.1) is 41.0 Å². The topological polar surface area (TPSA) is 259 Å². The molecule has 20 nitrogen and oxygen atoms in total. The minimum absolute atomic E-state index is 0.0535. The van der Waals surface area contributed by atoms with Crippen LogP contribution in [0, 0.1) is 20.2 Å². The Morgan fingerprint density at radius 1 is 0.539 bits per heavy atom. The fourth-order valence-electron chi connectivity index (χ4n) is 8.72. The molecule has 1 atom stereocenters. The summed E-state index contributed by atoms with van der Waals surface area (Å²) in [4.78, 5) is 46.5. The normalized spacial score (nSPS) is 12.3. The monoisotopic (exact) mass is 1080 g/mol. The summed E-state index contributed by atoms with van der Waals surface area (Å²) < 4.78 is 33.4. The first-order valence-electron chi connectivity index (χ1n) is 28.5. The van der Waals surface area contributed by atoms with Gasteiger partial charge in [-0.15, -0.1) is 0 Å². The molecule has 4 rings (SSSR count). The molecule has 4 aromatic rings. The second kappa shape index (κ2) is 35.9. The number of nitro benzene ring substituents is 2. The van der Waals surface area contributed by atoms with Crippen LogP contribution in [0.15, 0.2) is 33.5 Å². The van der Waals surface area contributed by atoms with Crippen LogP contribution >= 0.6 is 0 Å². The number of benzene rings is 2. The third-order valence-electron chi connectivity index (χ3n) is 14.4. The van der Waals surface area contributed by atoms with Crippen molar-refractivity contribution >= 4 is 65.1 Å². The van der Waals surface area contributed by atoms with Gasteiger partial charge in [-0.3, -0.25) is 29.8 Å². The first-order chi connectivity index (χ1) is 36.7. The van der Waals surface area contributed by atoms with E-state index in [0.717, 1.165) is 142 Å². The number of nitrogens with one attached hydrogen (secondary N) is 2. The largest absolute Gasteiger partial charge is 0.466 e. The van der Waals surface area contributed by atoms with Crippen LogP contribution in [0.1, 0.15) is 201 Å². The summed E-state index contributed by atoms with van der Waals surface area (Å²) in [6.45, 7) is 14.4. The van der Waals surface area contributed by atoms with Gasteiger partial charge in [0.15, 0.2) is 19.4 Å². The molecule has 0 aliphatic carbocycles. The van der Waals surface area contributed by atoms with Crippen LogP contribution in [0.5, 0.6) is 0 Å². The van der Waals surface area contributed by atoms with E-state index in [9.17, 15) is 29.8 Å². The second-order valence-electron chi connectivity index (χ2n) is 21.7. The molecule has 2 aromatic carbocycles. The molecule has 0 aliphatic rings. The molecule has 0 aliphatic heterocycles. The van der Waals surface area contributed by atoms with E-state index in [0.29, 0.717) is 61.7 Å². The van der Waals surface area contributed by atoms with E-state index in [1.807, 2.05) is 0 Å².